The first-order chi connectivity index (χ1) is 16.6. The summed E-state index contributed by atoms with van der Waals surface area (Å²) in [6.07, 6.45) is 1.40. The van der Waals surface area contributed by atoms with E-state index in [1.165, 1.54) is 36.4 Å². The Balaban J connectivity index is 1.65. The molecule has 3 atom stereocenters. The zero-order chi connectivity index (χ0) is 25.1. The van der Waals surface area contributed by atoms with Crippen LogP contribution < -0.4 is 16.0 Å². The first-order valence-corrected chi connectivity index (χ1v) is 12.0. The molecular weight excluding hydrogens is 506 g/mol. The van der Waals surface area contributed by atoms with Crippen molar-refractivity contribution >= 4 is 40.7 Å². The van der Waals surface area contributed by atoms with Crippen molar-refractivity contribution < 1.29 is 27.9 Å². The van der Waals surface area contributed by atoms with Gasteiger partial charge < -0.3 is 15.7 Å². The number of fused-ring (bicyclic) bond motifs is 2. The molecule has 2 aromatic rings. The zero-order valence-corrected chi connectivity index (χ0v) is 19.8. The number of aliphatic hydroxyl groups excluding tert-OH is 1. The van der Waals surface area contributed by atoms with Crippen molar-refractivity contribution in [2.45, 2.75) is 61.3 Å². The molecule has 6 nitrogen and oxygen atoms in total. The summed E-state index contributed by atoms with van der Waals surface area (Å²) in [5, 5.41) is 16.9. The van der Waals surface area contributed by atoms with Crippen molar-refractivity contribution in [1.29, 1.82) is 0 Å². The topological polar surface area (TPSA) is 90.5 Å². The Labute approximate surface area is 209 Å². The summed E-state index contributed by atoms with van der Waals surface area (Å²) in [6.45, 7) is 0. The highest BCUT2D eigenvalue weighted by Crippen LogP contribution is 2.60. The number of alkyl halides is 2. The lowest BCUT2D eigenvalue weighted by Crippen LogP contribution is -2.53. The van der Waals surface area contributed by atoms with Crippen LogP contribution in [0.4, 0.5) is 18.9 Å². The van der Waals surface area contributed by atoms with Crippen LogP contribution in [0.25, 0.3) is 0 Å². The highest BCUT2D eigenvalue weighted by molar-refractivity contribution is 6.31. The van der Waals surface area contributed by atoms with Crippen LogP contribution in [0.2, 0.25) is 10.0 Å². The van der Waals surface area contributed by atoms with Crippen LogP contribution in [-0.4, -0.2) is 41.2 Å². The molecule has 2 fully saturated rings. The lowest BCUT2D eigenvalue weighted by atomic mass is 9.66. The van der Waals surface area contributed by atoms with E-state index < -0.39 is 47.2 Å². The number of halogens is 5. The molecule has 186 valence electrons. The fourth-order valence-electron chi connectivity index (χ4n) is 5.67. The molecule has 1 spiro atoms. The summed E-state index contributed by atoms with van der Waals surface area (Å²) in [6, 6.07) is 1.98. The van der Waals surface area contributed by atoms with E-state index in [0.29, 0.717) is 25.7 Å². The molecule has 1 saturated carbocycles. The maximum atomic E-state index is 16.0. The van der Waals surface area contributed by atoms with E-state index in [4.69, 9.17) is 23.2 Å². The molecule has 0 unspecified atom stereocenters. The van der Waals surface area contributed by atoms with Crippen molar-refractivity contribution in [3.05, 3.63) is 63.4 Å². The highest BCUT2D eigenvalue weighted by Gasteiger charge is 2.75. The van der Waals surface area contributed by atoms with Gasteiger partial charge in [0, 0.05) is 22.7 Å². The largest absolute Gasteiger partial charge is 0.393 e. The summed E-state index contributed by atoms with van der Waals surface area (Å²) in [7, 11) is 0. The van der Waals surface area contributed by atoms with Crippen LogP contribution in [0.15, 0.2) is 36.4 Å². The molecule has 11 heteroatoms. The van der Waals surface area contributed by atoms with Crippen LogP contribution in [0.3, 0.4) is 0 Å². The van der Waals surface area contributed by atoms with Gasteiger partial charge in [0.25, 0.3) is 0 Å². The molecule has 1 aliphatic carbocycles. The quantitative estimate of drug-likeness (QED) is 0.452. The molecule has 4 N–H and O–H groups in total. The molecular formula is C24H22Cl2F3N3O3. The van der Waals surface area contributed by atoms with Gasteiger partial charge in [-0.25, -0.2) is 9.71 Å². The highest BCUT2D eigenvalue weighted by atomic mass is 35.5. The van der Waals surface area contributed by atoms with E-state index in [1.807, 2.05) is 5.32 Å². The Hall–Kier alpha value is -2.33. The van der Waals surface area contributed by atoms with Crippen molar-refractivity contribution in [2.24, 2.45) is 0 Å². The Kier molecular flexibility index (Phi) is 6.03. The van der Waals surface area contributed by atoms with Crippen molar-refractivity contribution in [1.82, 2.24) is 10.6 Å². The SMILES string of the molecule is O=C(N[C@H]1CC[C@H](O)CC1)[C@@H]1NC(F)(F)[C@@]2(C(=O)Nc3cc(Cl)ccc32)[C@H]1c1cccc(Cl)c1F. The first kappa shape index (κ1) is 24.4. The van der Waals surface area contributed by atoms with Crippen LogP contribution in [0.1, 0.15) is 42.7 Å². The fraction of sp³-hybridized carbons (Fsp3) is 0.417. The second kappa shape index (κ2) is 8.65. The molecule has 0 bridgehead atoms. The van der Waals surface area contributed by atoms with Gasteiger partial charge in [-0.2, -0.15) is 8.78 Å². The molecule has 35 heavy (non-hydrogen) atoms. The minimum Gasteiger partial charge on any atom is -0.393 e. The maximum Gasteiger partial charge on any atom is 0.322 e. The Morgan fingerprint density at radius 1 is 1.11 bits per heavy atom. The molecule has 3 aliphatic rings. The number of carbonyl (C=O) groups is 2. The monoisotopic (exact) mass is 527 g/mol. The number of anilines is 1. The van der Waals surface area contributed by atoms with Gasteiger partial charge >= 0.3 is 6.05 Å². The molecule has 5 rings (SSSR count). The van der Waals surface area contributed by atoms with E-state index in [0.717, 1.165) is 0 Å². The number of hydrogen-bond acceptors (Lipinski definition) is 4. The summed E-state index contributed by atoms with van der Waals surface area (Å²) in [5.41, 5.74) is -2.94. The summed E-state index contributed by atoms with van der Waals surface area (Å²) in [4.78, 5) is 26.8. The number of amides is 2. The number of aliphatic hydroxyl groups is 1. The average Bonchev–Trinajstić information content (AvgIpc) is 3.23. The molecule has 1 saturated heterocycles. The van der Waals surface area contributed by atoms with Gasteiger partial charge in [-0.15, -0.1) is 0 Å². The van der Waals surface area contributed by atoms with E-state index >= 15 is 13.2 Å². The molecule has 2 aliphatic heterocycles. The normalized spacial score (nSPS) is 31.3. The number of rotatable bonds is 3. The van der Waals surface area contributed by atoms with Gasteiger partial charge in [0.05, 0.1) is 17.2 Å². The van der Waals surface area contributed by atoms with Crippen molar-refractivity contribution in [3.8, 4) is 0 Å². The lowest BCUT2D eigenvalue weighted by Gasteiger charge is -2.34. The van der Waals surface area contributed by atoms with Crippen LogP contribution in [-0.2, 0) is 15.0 Å². The number of hydrogen-bond donors (Lipinski definition) is 4. The summed E-state index contributed by atoms with van der Waals surface area (Å²) in [5.74, 6) is -4.48. The lowest BCUT2D eigenvalue weighted by molar-refractivity contribution is -0.139. The summed E-state index contributed by atoms with van der Waals surface area (Å²) < 4.78 is 47.3. The predicted octanol–water partition coefficient (Wildman–Crippen LogP) is 4.09. The third kappa shape index (κ3) is 3.71. The van der Waals surface area contributed by atoms with Crippen LogP contribution in [0, 0.1) is 5.82 Å². The van der Waals surface area contributed by atoms with Gasteiger partial charge in [0.15, 0.2) is 5.41 Å². The number of nitrogens with one attached hydrogen (secondary N) is 3. The first-order valence-electron chi connectivity index (χ1n) is 11.3. The van der Waals surface area contributed by atoms with Gasteiger partial charge in [0.1, 0.15) is 5.82 Å². The van der Waals surface area contributed by atoms with E-state index in [2.05, 4.69) is 10.6 Å². The molecule has 2 amide bonds. The third-order valence-corrected chi connectivity index (χ3v) is 7.81. The van der Waals surface area contributed by atoms with E-state index in [-0.39, 0.29) is 32.9 Å². The van der Waals surface area contributed by atoms with Crippen molar-refractivity contribution in [3.63, 3.8) is 0 Å². The maximum absolute atomic E-state index is 16.0. The predicted molar refractivity (Wildman–Crippen MR) is 124 cm³/mol. The van der Waals surface area contributed by atoms with Gasteiger partial charge in [-0.3, -0.25) is 9.59 Å². The molecule has 2 aromatic carbocycles. The zero-order valence-electron chi connectivity index (χ0n) is 18.3. The van der Waals surface area contributed by atoms with Gasteiger partial charge in [-0.05, 0) is 55.0 Å². The number of benzene rings is 2. The smallest absolute Gasteiger partial charge is 0.322 e. The van der Waals surface area contributed by atoms with Gasteiger partial charge in [0.2, 0.25) is 11.8 Å². The Morgan fingerprint density at radius 2 is 1.83 bits per heavy atom. The van der Waals surface area contributed by atoms with Crippen LogP contribution >= 0.6 is 23.2 Å². The average molecular weight is 528 g/mol. The Bertz CT molecular complexity index is 1210. The minimum absolute atomic E-state index is 0.0683. The van der Waals surface area contributed by atoms with E-state index in [1.54, 1.807) is 0 Å². The third-order valence-electron chi connectivity index (χ3n) is 7.29. The second-order valence-corrected chi connectivity index (χ2v) is 10.1. The second-order valence-electron chi connectivity index (χ2n) is 9.28. The molecule has 2 heterocycles. The summed E-state index contributed by atoms with van der Waals surface area (Å²) >= 11 is 12.0. The fourth-order valence-corrected chi connectivity index (χ4v) is 6.02. The molecule has 0 radical (unpaired) electrons. The standard InChI is InChI=1S/C24H22Cl2F3N3O3/c25-11-4-9-15-17(10-11)31-22(35)23(15)18(14-2-1-3-16(26)19(14)27)20(32-24(23,28)29)21(34)30-12-5-7-13(33)8-6-12/h1-4,9-10,12-13,18,20,32-33H,5-8H2,(H,30,34)(H,31,35)/t12-,13-,18-,20+,23+/m0/s1. The number of carbonyl (C=O) groups excluding carboxylic acids is 2. The Morgan fingerprint density at radius 3 is 2.54 bits per heavy atom. The van der Waals surface area contributed by atoms with E-state index in [9.17, 15) is 14.7 Å². The van der Waals surface area contributed by atoms with Gasteiger partial charge in [-0.1, -0.05) is 41.4 Å². The molecule has 0 aromatic heterocycles. The van der Waals surface area contributed by atoms with Crippen LogP contribution in [0.5, 0.6) is 0 Å². The minimum atomic E-state index is -3.93. The van der Waals surface area contributed by atoms with Crippen molar-refractivity contribution in [2.75, 3.05) is 5.32 Å².